The first-order valence-corrected chi connectivity index (χ1v) is 12.3. The molecule has 0 saturated carbocycles. The number of nitrogens with one attached hydrogen (secondary N) is 3. The van der Waals surface area contributed by atoms with Gasteiger partial charge >= 0.3 is 6.18 Å². The van der Waals surface area contributed by atoms with Gasteiger partial charge in [-0.3, -0.25) is 4.79 Å². The van der Waals surface area contributed by atoms with E-state index in [2.05, 4.69) is 25.0 Å². The van der Waals surface area contributed by atoms with Crippen LogP contribution in [0.1, 0.15) is 28.8 Å². The van der Waals surface area contributed by atoms with E-state index in [9.17, 15) is 22.4 Å². The number of halogens is 5. The van der Waals surface area contributed by atoms with Gasteiger partial charge in [-0.05, 0) is 51.0 Å². The summed E-state index contributed by atoms with van der Waals surface area (Å²) in [4.78, 5) is 26.4. The molecule has 2 unspecified atom stereocenters. The van der Waals surface area contributed by atoms with Crippen molar-refractivity contribution in [3.05, 3.63) is 59.6 Å². The van der Waals surface area contributed by atoms with Crippen molar-refractivity contribution in [1.29, 1.82) is 0 Å². The van der Waals surface area contributed by atoms with E-state index in [-0.39, 0.29) is 29.3 Å². The van der Waals surface area contributed by atoms with Gasteiger partial charge in [0, 0.05) is 24.5 Å². The van der Waals surface area contributed by atoms with Crippen LogP contribution in [-0.2, 0) is 0 Å². The van der Waals surface area contributed by atoms with Gasteiger partial charge in [0.2, 0.25) is 5.78 Å². The minimum Gasteiger partial charge on any atom is -0.368 e. The Morgan fingerprint density at radius 3 is 2.65 bits per heavy atom. The van der Waals surface area contributed by atoms with Crippen LogP contribution in [0.4, 0.5) is 33.5 Å². The van der Waals surface area contributed by atoms with E-state index in [0.717, 1.165) is 30.2 Å². The molecule has 0 saturated heterocycles. The Balaban J connectivity index is 1.56. The highest BCUT2D eigenvalue weighted by Crippen LogP contribution is 2.37. The van der Waals surface area contributed by atoms with Crippen molar-refractivity contribution in [2.24, 2.45) is 5.92 Å². The largest absolute Gasteiger partial charge is 0.395 e. The maximum atomic E-state index is 15.4. The second-order valence-corrected chi connectivity index (χ2v) is 9.91. The average molecular weight is 541 g/mol. The Hall–Kier alpha value is -3.19. The molecule has 0 amide bonds. The van der Waals surface area contributed by atoms with Crippen LogP contribution in [0.5, 0.6) is 0 Å². The maximum absolute atomic E-state index is 15.4. The van der Waals surface area contributed by atoms with Gasteiger partial charge in [0.25, 0.3) is 0 Å². The third kappa shape index (κ3) is 6.04. The van der Waals surface area contributed by atoms with E-state index in [0.29, 0.717) is 29.9 Å². The highest BCUT2D eigenvalue weighted by molar-refractivity contribution is 8.01. The number of ketones is 1. The van der Waals surface area contributed by atoms with Crippen LogP contribution >= 0.6 is 11.9 Å². The van der Waals surface area contributed by atoms with Gasteiger partial charge in [-0.1, -0.05) is 12.2 Å². The lowest BCUT2D eigenvalue weighted by atomic mass is 9.95. The lowest BCUT2D eigenvalue weighted by Gasteiger charge is -2.24. The number of H-pyrrole nitrogens is 1. The second kappa shape index (κ2) is 11.1. The number of aromatic amines is 1. The minimum atomic E-state index is -4.30. The number of aromatic nitrogens is 3. The van der Waals surface area contributed by atoms with Gasteiger partial charge in [-0.25, -0.2) is 18.7 Å². The van der Waals surface area contributed by atoms with Crippen LogP contribution in [0.2, 0.25) is 0 Å². The predicted octanol–water partition coefficient (Wildman–Crippen LogP) is 5.40. The number of benzene rings is 1. The number of carbonyl (C=O) groups excluding carboxylic acids is 1. The fourth-order valence-electron chi connectivity index (χ4n) is 3.95. The fraction of sp³-hybridized carbons (Fsp3) is 0.375. The molecule has 13 heteroatoms. The van der Waals surface area contributed by atoms with Crippen molar-refractivity contribution in [1.82, 2.24) is 19.9 Å². The summed E-state index contributed by atoms with van der Waals surface area (Å²) in [5, 5.41) is 3.08. The third-order valence-electron chi connectivity index (χ3n) is 5.95. The number of likely N-dealkylation sites (N-methyl/N-ethyl adjacent to an activating group) is 1. The molecule has 2 atom stereocenters. The molecule has 198 valence electrons. The van der Waals surface area contributed by atoms with E-state index in [1.807, 2.05) is 19.0 Å². The number of hydrogen-bond acceptors (Lipinski definition) is 7. The second-order valence-electron chi connectivity index (χ2n) is 8.86. The van der Waals surface area contributed by atoms with Crippen LogP contribution in [0, 0.1) is 17.6 Å². The first kappa shape index (κ1) is 26.9. The number of allylic oxidation sites excluding steroid dienone is 1. The smallest absolute Gasteiger partial charge is 0.368 e. The highest BCUT2D eigenvalue weighted by atomic mass is 32.2. The summed E-state index contributed by atoms with van der Waals surface area (Å²) < 4.78 is 71.4. The molecule has 1 aliphatic rings. The van der Waals surface area contributed by atoms with Crippen LogP contribution in [0.25, 0.3) is 11.0 Å². The number of alkyl halides is 3. The quantitative estimate of drug-likeness (QED) is 0.145. The van der Waals surface area contributed by atoms with E-state index in [1.54, 1.807) is 0 Å². The molecule has 2 aromatic heterocycles. The number of carbonyl (C=O) groups is 1. The molecule has 0 fully saturated rings. The van der Waals surface area contributed by atoms with E-state index in [1.165, 1.54) is 18.6 Å². The van der Waals surface area contributed by atoms with Crippen molar-refractivity contribution in [3.63, 3.8) is 0 Å². The van der Waals surface area contributed by atoms with Gasteiger partial charge in [0.05, 0.1) is 28.1 Å². The summed E-state index contributed by atoms with van der Waals surface area (Å²) in [7, 11) is 3.80. The Bertz CT molecular complexity index is 1310. The third-order valence-corrected chi connectivity index (χ3v) is 6.98. The van der Waals surface area contributed by atoms with Gasteiger partial charge < -0.3 is 19.9 Å². The predicted molar refractivity (Wildman–Crippen MR) is 134 cm³/mol. The number of fused-ring (bicyclic) bond motifs is 1. The van der Waals surface area contributed by atoms with Crippen molar-refractivity contribution in [2.75, 3.05) is 37.2 Å². The van der Waals surface area contributed by atoms with Gasteiger partial charge in [-0.2, -0.15) is 13.2 Å². The SMILES string of the molecule is CN(C)CCNc1ncnc2[nH]cc(C(=O)c3c(F)ccc(NSC4C=CC(C(F)(F)F)CC4)c3F)c12. The molecule has 0 aliphatic heterocycles. The summed E-state index contributed by atoms with van der Waals surface area (Å²) in [6.07, 6.45) is 1.01. The van der Waals surface area contributed by atoms with E-state index in [4.69, 9.17) is 0 Å². The summed E-state index contributed by atoms with van der Waals surface area (Å²) >= 11 is 0.999. The fourth-order valence-corrected chi connectivity index (χ4v) is 4.81. The van der Waals surface area contributed by atoms with Gasteiger partial charge in [-0.15, -0.1) is 0 Å². The summed E-state index contributed by atoms with van der Waals surface area (Å²) in [5.41, 5.74) is -0.580. The molecule has 7 nitrogen and oxygen atoms in total. The van der Waals surface area contributed by atoms with Crippen LogP contribution in [0.3, 0.4) is 0 Å². The number of nitrogens with zero attached hydrogens (tertiary/aromatic N) is 3. The summed E-state index contributed by atoms with van der Waals surface area (Å²) in [6.45, 7) is 1.19. The molecule has 0 spiro atoms. The Morgan fingerprint density at radius 1 is 1.19 bits per heavy atom. The molecule has 1 aliphatic carbocycles. The molecule has 4 rings (SSSR count). The van der Waals surface area contributed by atoms with Crippen LogP contribution in [0.15, 0.2) is 36.8 Å². The average Bonchev–Trinajstić information content (AvgIpc) is 3.28. The number of anilines is 2. The normalized spacial score (nSPS) is 17.9. The van der Waals surface area contributed by atoms with Gasteiger partial charge in [0.15, 0.2) is 5.82 Å². The zero-order chi connectivity index (χ0) is 26.7. The standard InChI is InChI=1S/C24H25F5N6OS/c1-35(2)10-9-30-22-18-15(11-31-23(18)33-12-32-22)21(36)19-16(25)7-8-17(20(19)26)34-37-14-5-3-13(4-6-14)24(27,28)29/h3,5,7-8,11-14,34H,4,6,9-10H2,1-2H3,(H2,30,31,32,33). The minimum absolute atomic E-state index is 0.000961. The lowest BCUT2D eigenvalue weighted by molar-refractivity contribution is -0.163. The van der Waals surface area contributed by atoms with Crippen molar-refractivity contribution >= 4 is 40.3 Å². The first-order chi connectivity index (χ1) is 17.6. The molecule has 0 bridgehead atoms. The highest BCUT2D eigenvalue weighted by Gasteiger charge is 2.39. The number of rotatable bonds is 9. The first-order valence-electron chi connectivity index (χ1n) is 11.5. The van der Waals surface area contributed by atoms with Crippen molar-refractivity contribution < 1.29 is 26.7 Å². The zero-order valence-electron chi connectivity index (χ0n) is 20.0. The Morgan fingerprint density at radius 2 is 1.97 bits per heavy atom. The number of hydrogen-bond donors (Lipinski definition) is 3. The molecular weight excluding hydrogens is 515 g/mol. The lowest BCUT2D eigenvalue weighted by Crippen LogP contribution is -2.25. The summed E-state index contributed by atoms with van der Waals surface area (Å²) in [5.74, 6) is -4.19. The molecule has 0 radical (unpaired) electrons. The van der Waals surface area contributed by atoms with E-state index >= 15 is 4.39 Å². The monoisotopic (exact) mass is 540 g/mol. The van der Waals surface area contributed by atoms with Crippen LogP contribution < -0.4 is 10.0 Å². The molecule has 1 aromatic carbocycles. The molecular formula is C24H25F5N6OS. The van der Waals surface area contributed by atoms with Crippen LogP contribution in [-0.4, -0.2) is 64.2 Å². The zero-order valence-corrected chi connectivity index (χ0v) is 20.8. The molecule has 3 aromatic rings. The molecule has 3 N–H and O–H groups in total. The van der Waals surface area contributed by atoms with Crippen molar-refractivity contribution in [3.8, 4) is 0 Å². The molecule has 37 heavy (non-hydrogen) atoms. The van der Waals surface area contributed by atoms with Crippen molar-refractivity contribution in [2.45, 2.75) is 24.3 Å². The maximum Gasteiger partial charge on any atom is 0.395 e. The summed E-state index contributed by atoms with van der Waals surface area (Å²) in [6, 6.07) is 2.11. The Labute approximate surface area is 214 Å². The Kier molecular flexibility index (Phi) is 8.02. The van der Waals surface area contributed by atoms with Gasteiger partial charge in [0.1, 0.15) is 23.6 Å². The molecule has 2 heterocycles. The van der Waals surface area contributed by atoms with E-state index < -0.39 is 35.1 Å². The topological polar surface area (TPSA) is 85.9 Å².